The Bertz CT molecular complexity index is 598. The molecule has 0 bridgehead atoms. The van der Waals surface area contributed by atoms with E-state index in [2.05, 4.69) is 4.98 Å². The van der Waals surface area contributed by atoms with Crippen LogP contribution < -0.4 is 5.73 Å². The molecule has 0 saturated carbocycles. The SMILES string of the molecule is CN(CCO)C(=O)Cc1ccc2cc(N)ccc2n1. The molecule has 0 atom stereocenters. The van der Waals surface area contributed by atoms with Crippen molar-refractivity contribution in [1.29, 1.82) is 0 Å². The second-order valence-corrected chi connectivity index (χ2v) is 4.47. The van der Waals surface area contributed by atoms with Crippen LogP contribution in [0.4, 0.5) is 5.69 Å². The summed E-state index contributed by atoms with van der Waals surface area (Å²) in [6.45, 7) is 0.301. The molecular formula is C14H17N3O2. The summed E-state index contributed by atoms with van der Waals surface area (Å²) in [7, 11) is 1.67. The molecule has 1 aromatic heterocycles. The molecule has 2 aromatic rings. The van der Waals surface area contributed by atoms with Crippen molar-refractivity contribution in [2.75, 3.05) is 25.9 Å². The van der Waals surface area contributed by atoms with Crippen LogP contribution in [-0.4, -0.2) is 41.1 Å². The Balaban J connectivity index is 2.17. The van der Waals surface area contributed by atoms with E-state index in [-0.39, 0.29) is 18.9 Å². The van der Waals surface area contributed by atoms with Gasteiger partial charge >= 0.3 is 0 Å². The largest absolute Gasteiger partial charge is 0.399 e. The van der Waals surface area contributed by atoms with Crippen LogP contribution in [0.15, 0.2) is 30.3 Å². The van der Waals surface area contributed by atoms with Crippen LogP contribution in [0, 0.1) is 0 Å². The average molecular weight is 259 g/mol. The summed E-state index contributed by atoms with van der Waals surface area (Å²) in [5.74, 6) is -0.0589. The van der Waals surface area contributed by atoms with Crippen LogP contribution >= 0.6 is 0 Å². The van der Waals surface area contributed by atoms with Crippen molar-refractivity contribution < 1.29 is 9.90 Å². The van der Waals surface area contributed by atoms with E-state index >= 15 is 0 Å². The summed E-state index contributed by atoms with van der Waals surface area (Å²) in [4.78, 5) is 17.8. The van der Waals surface area contributed by atoms with Gasteiger partial charge in [-0.2, -0.15) is 0 Å². The first-order chi connectivity index (χ1) is 9.10. The maximum absolute atomic E-state index is 11.8. The van der Waals surface area contributed by atoms with Crippen molar-refractivity contribution in [1.82, 2.24) is 9.88 Å². The highest BCUT2D eigenvalue weighted by molar-refractivity contribution is 5.83. The highest BCUT2D eigenvalue weighted by Crippen LogP contribution is 2.16. The van der Waals surface area contributed by atoms with Gasteiger partial charge in [-0.05, 0) is 24.3 Å². The summed E-state index contributed by atoms with van der Waals surface area (Å²) >= 11 is 0. The number of carbonyl (C=O) groups is 1. The van der Waals surface area contributed by atoms with Crippen LogP contribution in [0.2, 0.25) is 0 Å². The molecule has 1 heterocycles. The van der Waals surface area contributed by atoms with E-state index in [0.717, 1.165) is 10.9 Å². The molecule has 0 aliphatic heterocycles. The number of pyridine rings is 1. The Morgan fingerprint density at radius 3 is 2.89 bits per heavy atom. The second-order valence-electron chi connectivity index (χ2n) is 4.47. The zero-order valence-electron chi connectivity index (χ0n) is 10.8. The van der Waals surface area contributed by atoms with Gasteiger partial charge in [-0.3, -0.25) is 9.78 Å². The van der Waals surface area contributed by atoms with Crippen molar-refractivity contribution in [2.45, 2.75) is 6.42 Å². The number of nitrogens with two attached hydrogens (primary N) is 1. The number of rotatable bonds is 4. The highest BCUT2D eigenvalue weighted by Gasteiger charge is 2.10. The molecule has 0 fully saturated rings. The zero-order valence-corrected chi connectivity index (χ0v) is 10.8. The molecule has 5 heteroatoms. The molecule has 1 aromatic carbocycles. The summed E-state index contributed by atoms with van der Waals surface area (Å²) in [6, 6.07) is 9.22. The Hall–Kier alpha value is -2.14. The molecule has 0 aliphatic rings. The lowest BCUT2D eigenvalue weighted by Crippen LogP contribution is -2.30. The molecule has 0 unspecified atom stereocenters. The third kappa shape index (κ3) is 3.20. The number of hydrogen-bond donors (Lipinski definition) is 2. The fourth-order valence-electron chi connectivity index (χ4n) is 1.85. The molecule has 100 valence electrons. The first-order valence-electron chi connectivity index (χ1n) is 6.10. The monoisotopic (exact) mass is 259 g/mol. The van der Waals surface area contributed by atoms with E-state index in [9.17, 15) is 4.79 Å². The molecule has 0 radical (unpaired) electrons. The number of benzene rings is 1. The Kier molecular flexibility index (Phi) is 3.97. The highest BCUT2D eigenvalue weighted by atomic mass is 16.3. The smallest absolute Gasteiger partial charge is 0.228 e. The summed E-state index contributed by atoms with van der Waals surface area (Å²) in [5.41, 5.74) is 7.94. The minimum absolute atomic E-state index is 0.0351. The lowest BCUT2D eigenvalue weighted by atomic mass is 10.1. The number of nitrogens with zero attached hydrogens (tertiary/aromatic N) is 2. The maximum Gasteiger partial charge on any atom is 0.228 e. The van der Waals surface area contributed by atoms with Crippen LogP contribution in [0.25, 0.3) is 10.9 Å². The quantitative estimate of drug-likeness (QED) is 0.796. The van der Waals surface area contributed by atoms with E-state index in [0.29, 0.717) is 17.9 Å². The van der Waals surface area contributed by atoms with Gasteiger partial charge < -0.3 is 15.7 Å². The molecule has 0 saturated heterocycles. The molecule has 5 nitrogen and oxygen atoms in total. The number of aliphatic hydroxyl groups excluding tert-OH is 1. The van der Waals surface area contributed by atoms with E-state index in [1.54, 1.807) is 13.1 Å². The lowest BCUT2D eigenvalue weighted by molar-refractivity contribution is -0.129. The summed E-state index contributed by atoms with van der Waals surface area (Å²) in [5, 5.41) is 9.76. The van der Waals surface area contributed by atoms with E-state index in [1.165, 1.54) is 4.90 Å². The average Bonchev–Trinajstić information content (AvgIpc) is 2.39. The number of likely N-dealkylation sites (N-methyl/N-ethyl adjacent to an activating group) is 1. The molecule has 1 amide bonds. The molecular weight excluding hydrogens is 242 g/mol. The number of aliphatic hydroxyl groups is 1. The minimum atomic E-state index is -0.0589. The minimum Gasteiger partial charge on any atom is -0.399 e. The standard InChI is InChI=1S/C14H17N3O2/c1-17(6-7-18)14(19)9-12-4-2-10-8-11(15)3-5-13(10)16-12/h2-5,8,18H,6-7,9,15H2,1H3. The molecule has 3 N–H and O–H groups in total. The topological polar surface area (TPSA) is 79.5 Å². The predicted molar refractivity (Wildman–Crippen MR) is 74.6 cm³/mol. The van der Waals surface area contributed by atoms with Crippen LogP contribution in [0.5, 0.6) is 0 Å². The molecule has 0 spiro atoms. The normalized spacial score (nSPS) is 10.6. The van der Waals surface area contributed by atoms with Gasteiger partial charge in [0, 0.05) is 24.7 Å². The van der Waals surface area contributed by atoms with E-state index in [4.69, 9.17) is 10.8 Å². The Morgan fingerprint density at radius 2 is 2.16 bits per heavy atom. The van der Waals surface area contributed by atoms with Crippen molar-refractivity contribution in [3.05, 3.63) is 36.0 Å². The van der Waals surface area contributed by atoms with Gasteiger partial charge in [0.2, 0.25) is 5.91 Å². The van der Waals surface area contributed by atoms with Crippen molar-refractivity contribution in [2.24, 2.45) is 0 Å². The third-order valence-corrected chi connectivity index (χ3v) is 2.96. The first-order valence-corrected chi connectivity index (χ1v) is 6.10. The fraction of sp³-hybridized carbons (Fsp3) is 0.286. The van der Waals surface area contributed by atoms with Gasteiger partial charge in [-0.25, -0.2) is 0 Å². The number of fused-ring (bicyclic) bond motifs is 1. The molecule has 0 aliphatic carbocycles. The van der Waals surface area contributed by atoms with E-state index in [1.807, 2.05) is 24.3 Å². The van der Waals surface area contributed by atoms with Crippen LogP contribution in [0.1, 0.15) is 5.69 Å². The number of nitrogen functional groups attached to an aromatic ring is 1. The van der Waals surface area contributed by atoms with Crippen LogP contribution in [-0.2, 0) is 11.2 Å². The third-order valence-electron chi connectivity index (χ3n) is 2.96. The first kappa shape index (κ1) is 13.3. The lowest BCUT2D eigenvalue weighted by Gasteiger charge is -2.15. The summed E-state index contributed by atoms with van der Waals surface area (Å²) < 4.78 is 0. The molecule has 19 heavy (non-hydrogen) atoms. The van der Waals surface area contributed by atoms with Gasteiger partial charge in [0.25, 0.3) is 0 Å². The fourth-order valence-corrected chi connectivity index (χ4v) is 1.85. The van der Waals surface area contributed by atoms with Gasteiger partial charge in [-0.1, -0.05) is 6.07 Å². The van der Waals surface area contributed by atoms with Gasteiger partial charge in [0.15, 0.2) is 0 Å². The van der Waals surface area contributed by atoms with Gasteiger partial charge in [0.05, 0.1) is 24.2 Å². The zero-order chi connectivity index (χ0) is 13.8. The Morgan fingerprint density at radius 1 is 1.37 bits per heavy atom. The Labute approximate surface area is 111 Å². The summed E-state index contributed by atoms with van der Waals surface area (Å²) in [6.07, 6.45) is 0.233. The van der Waals surface area contributed by atoms with Crippen LogP contribution in [0.3, 0.4) is 0 Å². The number of hydrogen-bond acceptors (Lipinski definition) is 4. The number of aromatic nitrogens is 1. The van der Waals surface area contributed by atoms with Crippen molar-refractivity contribution in [3.63, 3.8) is 0 Å². The van der Waals surface area contributed by atoms with Gasteiger partial charge in [0.1, 0.15) is 0 Å². The number of amides is 1. The molecule has 2 rings (SSSR count). The van der Waals surface area contributed by atoms with E-state index < -0.39 is 0 Å². The number of anilines is 1. The van der Waals surface area contributed by atoms with Crippen molar-refractivity contribution >= 4 is 22.5 Å². The van der Waals surface area contributed by atoms with Gasteiger partial charge in [-0.15, -0.1) is 0 Å². The second kappa shape index (κ2) is 5.67. The number of carbonyl (C=O) groups excluding carboxylic acids is 1. The van der Waals surface area contributed by atoms with Crippen molar-refractivity contribution in [3.8, 4) is 0 Å². The maximum atomic E-state index is 11.8. The predicted octanol–water partition coefficient (Wildman–Crippen LogP) is 0.810.